The molecule has 2 heterocycles. The molecule has 0 bridgehead atoms. The van der Waals surface area contributed by atoms with E-state index < -0.39 is 24.4 Å². The van der Waals surface area contributed by atoms with E-state index >= 15 is 0 Å². The first-order valence-corrected chi connectivity index (χ1v) is 7.66. The summed E-state index contributed by atoms with van der Waals surface area (Å²) in [5, 5.41) is 2.52. The zero-order valence-electron chi connectivity index (χ0n) is 13.0. The van der Waals surface area contributed by atoms with Gasteiger partial charge in [-0.2, -0.15) is 0 Å². The van der Waals surface area contributed by atoms with Crippen molar-refractivity contribution in [2.24, 2.45) is 7.05 Å². The first-order valence-electron chi connectivity index (χ1n) is 7.28. The molecule has 0 fully saturated rings. The number of alkyl halides is 2. The predicted molar refractivity (Wildman–Crippen MR) is 89.2 cm³/mol. The molecule has 3 aromatic rings. The fraction of sp³-hybridized carbons (Fsp3) is 0.188. The molecule has 2 aromatic heterocycles. The van der Waals surface area contributed by atoms with E-state index in [1.54, 1.807) is 37.5 Å². The molecule has 1 N–H and O–H groups in total. The van der Waals surface area contributed by atoms with Gasteiger partial charge in [-0.15, -0.1) is 0 Å². The van der Waals surface area contributed by atoms with Crippen molar-refractivity contribution in [3.05, 3.63) is 57.7 Å². The third-order valence-corrected chi connectivity index (χ3v) is 3.98. The lowest BCUT2D eigenvalue weighted by Crippen LogP contribution is -2.28. The molecular weight excluding hydrogens is 354 g/mol. The number of hydrogen-bond acceptors (Lipinski definition) is 3. The molecule has 0 spiro atoms. The van der Waals surface area contributed by atoms with Gasteiger partial charge in [0.25, 0.3) is 17.9 Å². The summed E-state index contributed by atoms with van der Waals surface area (Å²) in [7, 11) is 1.56. The summed E-state index contributed by atoms with van der Waals surface area (Å²) in [5.74, 6) is -0.773. The maximum absolute atomic E-state index is 12.5. The number of imidazole rings is 1. The molecule has 0 unspecified atom stereocenters. The predicted octanol–water partition coefficient (Wildman–Crippen LogP) is 2.35. The van der Waals surface area contributed by atoms with E-state index in [4.69, 9.17) is 11.6 Å². The summed E-state index contributed by atoms with van der Waals surface area (Å²) >= 11 is 6.19. The molecule has 0 atom stereocenters. The number of carbonyl (C=O) groups is 1. The van der Waals surface area contributed by atoms with E-state index in [1.807, 2.05) is 0 Å². The van der Waals surface area contributed by atoms with Gasteiger partial charge in [-0.1, -0.05) is 29.8 Å². The van der Waals surface area contributed by atoms with Gasteiger partial charge in [-0.25, -0.2) is 13.8 Å². The number of nitrogens with one attached hydrogen (secondary N) is 1. The van der Waals surface area contributed by atoms with Crippen molar-refractivity contribution >= 4 is 23.2 Å². The number of carbonyl (C=O) groups excluding carboxylic acids is 1. The number of hydrogen-bond donors (Lipinski definition) is 1. The Bertz CT molecular complexity index is 1010. The molecule has 0 aliphatic carbocycles. The van der Waals surface area contributed by atoms with Crippen LogP contribution in [0, 0.1) is 0 Å². The normalized spacial score (nSPS) is 11.2. The van der Waals surface area contributed by atoms with Crippen LogP contribution < -0.4 is 10.9 Å². The van der Waals surface area contributed by atoms with Gasteiger partial charge in [-0.05, 0) is 6.07 Å². The fourth-order valence-electron chi connectivity index (χ4n) is 2.42. The van der Waals surface area contributed by atoms with E-state index in [-0.39, 0.29) is 11.3 Å². The number of benzene rings is 1. The Balaban J connectivity index is 2.09. The maximum atomic E-state index is 12.5. The summed E-state index contributed by atoms with van der Waals surface area (Å²) in [5.41, 5.74) is 0.628. The molecule has 0 aliphatic heterocycles. The quantitative estimate of drug-likeness (QED) is 0.770. The van der Waals surface area contributed by atoms with Gasteiger partial charge < -0.3 is 9.88 Å². The minimum absolute atomic E-state index is 0.0144. The number of amides is 1. The first-order chi connectivity index (χ1) is 11.9. The van der Waals surface area contributed by atoms with Crippen molar-refractivity contribution < 1.29 is 13.6 Å². The number of nitrogens with zero attached hydrogens (tertiary/aromatic N) is 3. The number of halogens is 3. The molecule has 1 aromatic carbocycles. The van der Waals surface area contributed by atoms with Crippen molar-refractivity contribution in [1.29, 1.82) is 0 Å². The third kappa shape index (κ3) is 3.25. The lowest BCUT2D eigenvalue weighted by Gasteiger charge is -2.10. The summed E-state index contributed by atoms with van der Waals surface area (Å²) < 4.78 is 27.2. The van der Waals surface area contributed by atoms with Crippen molar-refractivity contribution in [3.8, 4) is 11.3 Å². The number of rotatable bonds is 4. The Labute approximate surface area is 145 Å². The van der Waals surface area contributed by atoms with Crippen molar-refractivity contribution in [3.63, 3.8) is 0 Å². The monoisotopic (exact) mass is 366 g/mol. The van der Waals surface area contributed by atoms with Gasteiger partial charge in [0, 0.05) is 30.0 Å². The molecule has 9 heteroatoms. The van der Waals surface area contributed by atoms with Crippen molar-refractivity contribution in [2.45, 2.75) is 6.43 Å². The van der Waals surface area contributed by atoms with Crippen LogP contribution in [0.25, 0.3) is 16.9 Å². The van der Waals surface area contributed by atoms with E-state index in [1.165, 1.54) is 15.2 Å². The SMILES string of the molecule is Cn1c(-c2ccccc2Cl)cn2cc(C(=O)NCC(F)F)nc2c1=O. The molecule has 0 radical (unpaired) electrons. The third-order valence-electron chi connectivity index (χ3n) is 3.65. The van der Waals surface area contributed by atoms with E-state index in [0.29, 0.717) is 16.3 Å². The standard InChI is InChI=1S/C16H13ClF2N4O2/c1-22-12(9-4-2-3-5-10(9)17)8-23-7-11(21-14(23)16(22)25)15(24)20-6-13(18)19/h2-5,7-8,13H,6H2,1H3,(H,20,24). The highest BCUT2D eigenvalue weighted by molar-refractivity contribution is 6.33. The highest BCUT2D eigenvalue weighted by atomic mass is 35.5. The Morgan fingerprint density at radius 2 is 2.04 bits per heavy atom. The summed E-state index contributed by atoms with van der Waals surface area (Å²) in [4.78, 5) is 28.3. The van der Waals surface area contributed by atoms with Gasteiger partial charge in [0.1, 0.15) is 5.69 Å². The fourth-order valence-corrected chi connectivity index (χ4v) is 2.65. The Morgan fingerprint density at radius 1 is 1.32 bits per heavy atom. The molecule has 0 aliphatic rings. The lowest BCUT2D eigenvalue weighted by molar-refractivity contribution is 0.0887. The van der Waals surface area contributed by atoms with Crippen LogP contribution in [0.1, 0.15) is 10.5 Å². The molecule has 130 valence electrons. The average molecular weight is 367 g/mol. The summed E-state index contributed by atoms with van der Waals surface area (Å²) in [6.45, 7) is -0.782. The molecule has 0 saturated carbocycles. The summed E-state index contributed by atoms with van der Waals surface area (Å²) in [6.07, 6.45) is 0.257. The molecule has 6 nitrogen and oxygen atoms in total. The van der Waals surface area contributed by atoms with Gasteiger partial charge >= 0.3 is 0 Å². The highest BCUT2D eigenvalue weighted by Gasteiger charge is 2.17. The van der Waals surface area contributed by atoms with Crippen LogP contribution in [0.4, 0.5) is 8.78 Å². The van der Waals surface area contributed by atoms with Crippen LogP contribution in [0.2, 0.25) is 5.02 Å². The van der Waals surface area contributed by atoms with Crippen LogP contribution in [0.15, 0.2) is 41.5 Å². The lowest BCUT2D eigenvalue weighted by atomic mass is 10.1. The second kappa shape index (κ2) is 6.64. The van der Waals surface area contributed by atoms with E-state index in [0.717, 1.165) is 0 Å². The van der Waals surface area contributed by atoms with Gasteiger partial charge in [-0.3, -0.25) is 14.0 Å². The van der Waals surface area contributed by atoms with E-state index in [9.17, 15) is 18.4 Å². The van der Waals surface area contributed by atoms with Crippen LogP contribution in [0.3, 0.4) is 0 Å². The second-order valence-electron chi connectivity index (χ2n) is 5.32. The molecule has 3 rings (SSSR count). The largest absolute Gasteiger partial charge is 0.345 e. The Kier molecular flexibility index (Phi) is 4.54. The summed E-state index contributed by atoms with van der Waals surface area (Å²) in [6, 6.07) is 7.01. The number of aromatic nitrogens is 3. The zero-order valence-corrected chi connectivity index (χ0v) is 13.8. The molecular formula is C16H13ClF2N4O2. The first kappa shape index (κ1) is 17.1. The maximum Gasteiger partial charge on any atom is 0.294 e. The van der Waals surface area contributed by atoms with Crippen LogP contribution in [-0.4, -0.2) is 32.8 Å². The smallest absolute Gasteiger partial charge is 0.294 e. The average Bonchev–Trinajstić information content (AvgIpc) is 3.01. The highest BCUT2D eigenvalue weighted by Crippen LogP contribution is 2.26. The minimum atomic E-state index is -2.67. The van der Waals surface area contributed by atoms with Crippen LogP contribution in [0.5, 0.6) is 0 Å². The zero-order chi connectivity index (χ0) is 18.1. The molecule has 25 heavy (non-hydrogen) atoms. The number of fused-ring (bicyclic) bond motifs is 1. The van der Waals surface area contributed by atoms with Crippen molar-refractivity contribution in [2.75, 3.05) is 6.54 Å². The Hall–Kier alpha value is -2.74. The Morgan fingerprint density at radius 3 is 2.72 bits per heavy atom. The molecule has 1 amide bonds. The second-order valence-corrected chi connectivity index (χ2v) is 5.72. The van der Waals surface area contributed by atoms with Crippen LogP contribution in [-0.2, 0) is 7.05 Å². The van der Waals surface area contributed by atoms with Gasteiger partial charge in [0.05, 0.1) is 12.2 Å². The van der Waals surface area contributed by atoms with E-state index in [2.05, 4.69) is 10.3 Å². The van der Waals surface area contributed by atoms with Gasteiger partial charge in [0.2, 0.25) is 5.65 Å². The van der Waals surface area contributed by atoms with Crippen LogP contribution >= 0.6 is 11.6 Å². The molecule has 0 saturated heterocycles. The van der Waals surface area contributed by atoms with Gasteiger partial charge in [0.15, 0.2) is 0 Å². The topological polar surface area (TPSA) is 68.4 Å². The minimum Gasteiger partial charge on any atom is -0.345 e. The van der Waals surface area contributed by atoms with Crippen molar-refractivity contribution in [1.82, 2.24) is 19.3 Å².